The second-order valence-corrected chi connectivity index (χ2v) is 7.65. The molecule has 0 radical (unpaired) electrons. The largest absolute Gasteiger partial charge is 0.481 e. The lowest BCUT2D eigenvalue weighted by molar-refractivity contribution is -0.141. The summed E-state index contributed by atoms with van der Waals surface area (Å²) < 4.78 is 78.3. The minimum absolute atomic E-state index is 0.424. The molecule has 4 N–H and O–H groups in total. The third-order valence-corrected chi connectivity index (χ3v) is 5.12. The summed E-state index contributed by atoms with van der Waals surface area (Å²) in [6.45, 7) is 0. The maximum Gasteiger partial charge on any atom is 0.307 e. The van der Waals surface area contributed by atoms with E-state index in [0.29, 0.717) is 0 Å². The van der Waals surface area contributed by atoms with Crippen LogP contribution in [0, 0.1) is 35.0 Å². The molecule has 0 bridgehead atoms. The van der Waals surface area contributed by atoms with Crippen LogP contribution in [0.2, 0.25) is 0 Å². The molecule has 2 atom stereocenters. The lowest BCUT2D eigenvalue weighted by atomic mass is 10.1. The highest BCUT2D eigenvalue weighted by Crippen LogP contribution is 2.48. The molecule has 0 fully saturated rings. The van der Waals surface area contributed by atoms with Gasteiger partial charge >= 0.3 is 5.97 Å². The zero-order valence-corrected chi connectivity index (χ0v) is 13.3. The van der Waals surface area contributed by atoms with Crippen LogP contribution in [0.25, 0.3) is 0 Å². The summed E-state index contributed by atoms with van der Waals surface area (Å²) in [5.74, 6) is -15.5. The zero-order valence-electron chi connectivity index (χ0n) is 12.4. The molecule has 12 heteroatoms. The van der Waals surface area contributed by atoms with Crippen molar-refractivity contribution in [3.8, 4) is 0 Å². The van der Waals surface area contributed by atoms with Gasteiger partial charge in [-0.05, 0) is 6.42 Å². The van der Waals surface area contributed by atoms with Gasteiger partial charge in [0.05, 0.1) is 12.1 Å². The predicted molar refractivity (Wildman–Crippen MR) is 74.2 cm³/mol. The number of primary amides is 1. The van der Waals surface area contributed by atoms with Crippen molar-refractivity contribution < 1.29 is 46.1 Å². The van der Waals surface area contributed by atoms with Gasteiger partial charge in [-0.15, -0.1) is 0 Å². The molecule has 0 saturated heterocycles. The molecule has 25 heavy (non-hydrogen) atoms. The Labute approximate surface area is 137 Å². The van der Waals surface area contributed by atoms with Crippen LogP contribution < -0.4 is 5.73 Å². The number of carboxylic acids is 1. The monoisotopic (exact) mass is 389 g/mol. The maximum absolute atomic E-state index is 13.6. The van der Waals surface area contributed by atoms with Crippen molar-refractivity contribution in [2.45, 2.75) is 19.0 Å². The summed E-state index contributed by atoms with van der Waals surface area (Å²) in [6.07, 6.45) is -3.35. The second kappa shape index (κ2) is 7.92. The summed E-state index contributed by atoms with van der Waals surface area (Å²) >= 11 is 0. The zero-order chi connectivity index (χ0) is 19.5. The van der Waals surface area contributed by atoms with Crippen LogP contribution in [0.5, 0.6) is 0 Å². The van der Waals surface area contributed by atoms with E-state index in [1.165, 1.54) is 0 Å². The Balaban J connectivity index is 3.10. The number of aliphatic carboxylic acids is 1. The van der Waals surface area contributed by atoms with E-state index in [1.807, 2.05) is 0 Å². The molecular weight excluding hydrogens is 376 g/mol. The average molecular weight is 389 g/mol. The number of carbonyl (C=O) groups excluding carboxylic acids is 1. The number of amides is 1. The van der Waals surface area contributed by atoms with E-state index in [0.717, 1.165) is 0 Å². The van der Waals surface area contributed by atoms with Crippen LogP contribution in [0.4, 0.5) is 22.0 Å². The summed E-state index contributed by atoms with van der Waals surface area (Å²) in [5, 5.41) is 8.95. The van der Waals surface area contributed by atoms with Gasteiger partial charge in [-0.25, -0.2) is 22.0 Å². The van der Waals surface area contributed by atoms with Gasteiger partial charge in [-0.3, -0.25) is 14.2 Å². The van der Waals surface area contributed by atoms with Crippen molar-refractivity contribution >= 4 is 19.2 Å². The van der Waals surface area contributed by atoms with Gasteiger partial charge in [-0.1, -0.05) is 0 Å². The lowest BCUT2D eigenvalue weighted by Crippen LogP contribution is -2.22. The van der Waals surface area contributed by atoms with Crippen LogP contribution >= 0.6 is 7.37 Å². The van der Waals surface area contributed by atoms with E-state index >= 15 is 0 Å². The second-order valence-electron chi connectivity index (χ2n) is 5.28. The molecule has 0 spiro atoms. The lowest BCUT2D eigenvalue weighted by Gasteiger charge is -2.18. The Morgan fingerprint density at radius 2 is 1.44 bits per heavy atom. The SMILES string of the molecule is NC(=O)CCC(CP(=O)(O)Cc1c(F)c(F)c(F)c(F)c1F)C(=O)O. The Hall–Kier alpha value is -2.00. The van der Waals surface area contributed by atoms with Gasteiger partial charge in [0.15, 0.2) is 23.3 Å². The summed E-state index contributed by atoms with van der Waals surface area (Å²) in [5.41, 5.74) is 3.32. The minimum atomic E-state index is -4.66. The van der Waals surface area contributed by atoms with E-state index in [4.69, 9.17) is 10.8 Å². The summed E-state index contributed by atoms with van der Waals surface area (Å²) in [4.78, 5) is 31.4. The van der Waals surface area contributed by atoms with Crippen molar-refractivity contribution in [2.24, 2.45) is 11.7 Å². The molecular formula is C13H13F5NO5P. The Bertz CT molecular complexity index is 728. The van der Waals surface area contributed by atoms with Crippen molar-refractivity contribution in [3.05, 3.63) is 34.6 Å². The first-order valence-corrected chi connectivity index (χ1v) is 8.72. The topological polar surface area (TPSA) is 118 Å². The highest BCUT2D eigenvalue weighted by molar-refractivity contribution is 7.57. The average Bonchev–Trinajstić information content (AvgIpc) is 2.51. The number of hydrogen-bond acceptors (Lipinski definition) is 3. The molecule has 0 heterocycles. The van der Waals surface area contributed by atoms with Crippen LogP contribution in [0.15, 0.2) is 0 Å². The first kappa shape index (κ1) is 21.0. The van der Waals surface area contributed by atoms with E-state index in [-0.39, 0.29) is 0 Å². The number of hydrogen-bond donors (Lipinski definition) is 3. The highest BCUT2D eigenvalue weighted by Gasteiger charge is 2.34. The Morgan fingerprint density at radius 1 is 1.00 bits per heavy atom. The fraction of sp³-hybridized carbons (Fsp3) is 0.385. The molecule has 1 aromatic rings. The molecule has 6 nitrogen and oxygen atoms in total. The molecule has 1 aromatic carbocycles. The molecule has 0 aliphatic carbocycles. The molecule has 0 aliphatic rings. The number of carbonyl (C=O) groups is 2. The Morgan fingerprint density at radius 3 is 1.84 bits per heavy atom. The first-order chi connectivity index (χ1) is 11.4. The number of halogens is 5. The maximum atomic E-state index is 13.6. The minimum Gasteiger partial charge on any atom is -0.481 e. The number of carboxylic acid groups (broad SMARTS) is 1. The summed E-state index contributed by atoms with van der Waals surface area (Å²) in [7, 11) is -4.66. The van der Waals surface area contributed by atoms with Crippen molar-refractivity contribution in [1.29, 1.82) is 0 Å². The van der Waals surface area contributed by atoms with Crippen molar-refractivity contribution in [2.75, 3.05) is 6.16 Å². The number of rotatable bonds is 8. The van der Waals surface area contributed by atoms with Crippen LogP contribution in [0.1, 0.15) is 18.4 Å². The third-order valence-electron chi connectivity index (χ3n) is 3.30. The van der Waals surface area contributed by atoms with Crippen molar-refractivity contribution in [1.82, 2.24) is 0 Å². The number of nitrogens with two attached hydrogens (primary N) is 1. The van der Waals surface area contributed by atoms with Crippen LogP contribution in [-0.2, 0) is 20.3 Å². The summed E-state index contributed by atoms with van der Waals surface area (Å²) in [6, 6.07) is 0. The molecule has 1 amide bonds. The van der Waals surface area contributed by atoms with Crippen molar-refractivity contribution in [3.63, 3.8) is 0 Å². The predicted octanol–water partition coefficient (Wildman–Crippen LogP) is 2.12. The number of benzene rings is 1. The molecule has 140 valence electrons. The molecule has 2 unspecified atom stereocenters. The van der Waals surface area contributed by atoms with E-state index in [9.17, 15) is 41.0 Å². The fourth-order valence-electron chi connectivity index (χ4n) is 2.05. The van der Waals surface area contributed by atoms with Gasteiger partial charge in [0, 0.05) is 18.1 Å². The molecule has 0 aromatic heterocycles. The smallest absolute Gasteiger partial charge is 0.307 e. The van der Waals surface area contributed by atoms with Crippen LogP contribution in [-0.4, -0.2) is 28.0 Å². The van der Waals surface area contributed by atoms with Gasteiger partial charge in [0.1, 0.15) is 0 Å². The van der Waals surface area contributed by atoms with Gasteiger partial charge in [0.25, 0.3) is 0 Å². The van der Waals surface area contributed by atoms with Gasteiger partial charge < -0.3 is 15.7 Å². The highest BCUT2D eigenvalue weighted by atomic mass is 31.2. The molecule has 0 aliphatic heterocycles. The van der Waals surface area contributed by atoms with E-state index in [1.54, 1.807) is 0 Å². The van der Waals surface area contributed by atoms with Crippen LogP contribution in [0.3, 0.4) is 0 Å². The third kappa shape index (κ3) is 5.23. The van der Waals surface area contributed by atoms with E-state index < -0.39 is 85.0 Å². The molecule has 0 saturated carbocycles. The molecule has 1 rings (SSSR count). The Kier molecular flexibility index (Phi) is 6.67. The van der Waals surface area contributed by atoms with E-state index in [2.05, 4.69) is 0 Å². The quantitative estimate of drug-likeness (QED) is 0.273. The fourth-order valence-corrected chi connectivity index (χ4v) is 3.98. The van der Waals surface area contributed by atoms with Gasteiger partial charge in [0.2, 0.25) is 19.1 Å². The normalized spacial score (nSPS) is 14.8. The standard InChI is InChI=1S/C13H13F5NO5P/c14-8-6(9(15)11(17)12(18)10(8)16)4-25(23,24)3-5(13(21)22)1-2-7(19)20/h5H,1-4H2,(H2,19,20)(H,21,22)(H,23,24). The first-order valence-electron chi connectivity index (χ1n) is 6.69. The van der Waals surface area contributed by atoms with Gasteiger partial charge in [-0.2, -0.15) is 0 Å².